The standard InChI is InChI=1S/C12H12N6O3/c19-18(20)8-3-4-9-10(6-8)21-12(16-9)13-5-1-2-11-14-7-15-17-11/h3-4,6-7H,1-2,5H2,(H,13,16)(H,14,15,17). The van der Waals surface area contributed by atoms with Crippen molar-refractivity contribution in [3.8, 4) is 0 Å². The van der Waals surface area contributed by atoms with Gasteiger partial charge in [0.25, 0.3) is 11.7 Å². The van der Waals surface area contributed by atoms with Gasteiger partial charge in [0.2, 0.25) is 0 Å². The van der Waals surface area contributed by atoms with Crippen LogP contribution in [0.15, 0.2) is 28.9 Å². The van der Waals surface area contributed by atoms with E-state index in [9.17, 15) is 10.1 Å². The van der Waals surface area contributed by atoms with Gasteiger partial charge < -0.3 is 9.73 Å². The van der Waals surface area contributed by atoms with Crippen LogP contribution in [0.1, 0.15) is 12.2 Å². The van der Waals surface area contributed by atoms with Gasteiger partial charge in [0, 0.05) is 19.0 Å². The van der Waals surface area contributed by atoms with E-state index in [1.54, 1.807) is 6.07 Å². The zero-order chi connectivity index (χ0) is 14.7. The lowest BCUT2D eigenvalue weighted by atomic mass is 10.3. The molecule has 0 unspecified atom stereocenters. The fourth-order valence-corrected chi connectivity index (χ4v) is 1.90. The Balaban J connectivity index is 1.60. The zero-order valence-electron chi connectivity index (χ0n) is 10.9. The third kappa shape index (κ3) is 2.96. The molecule has 0 saturated heterocycles. The lowest BCUT2D eigenvalue weighted by Gasteiger charge is -1.99. The highest BCUT2D eigenvalue weighted by Crippen LogP contribution is 2.23. The maximum absolute atomic E-state index is 10.7. The smallest absolute Gasteiger partial charge is 0.295 e. The summed E-state index contributed by atoms with van der Waals surface area (Å²) in [5.74, 6) is 0.824. The molecule has 0 radical (unpaired) electrons. The van der Waals surface area contributed by atoms with E-state index < -0.39 is 4.92 Å². The first-order valence-electron chi connectivity index (χ1n) is 6.35. The minimum atomic E-state index is -0.466. The molecule has 9 heteroatoms. The van der Waals surface area contributed by atoms with Crippen LogP contribution in [-0.2, 0) is 6.42 Å². The summed E-state index contributed by atoms with van der Waals surface area (Å²) in [7, 11) is 0. The molecule has 0 atom stereocenters. The Hall–Kier alpha value is -2.97. The number of anilines is 1. The third-order valence-corrected chi connectivity index (χ3v) is 2.91. The summed E-state index contributed by atoms with van der Waals surface area (Å²) in [5.41, 5.74) is 0.954. The van der Waals surface area contributed by atoms with Crippen LogP contribution < -0.4 is 5.32 Å². The summed E-state index contributed by atoms with van der Waals surface area (Å²) < 4.78 is 5.43. The molecule has 0 spiro atoms. The summed E-state index contributed by atoms with van der Waals surface area (Å²) in [6.45, 7) is 0.648. The van der Waals surface area contributed by atoms with Crippen molar-refractivity contribution in [2.24, 2.45) is 0 Å². The summed E-state index contributed by atoms with van der Waals surface area (Å²) >= 11 is 0. The third-order valence-electron chi connectivity index (χ3n) is 2.91. The first kappa shape index (κ1) is 13.0. The summed E-state index contributed by atoms with van der Waals surface area (Å²) in [4.78, 5) is 18.5. The minimum Gasteiger partial charge on any atom is -0.423 e. The maximum atomic E-state index is 10.7. The fraction of sp³-hybridized carbons (Fsp3) is 0.250. The Kier molecular flexibility index (Phi) is 3.46. The number of aromatic amines is 1. The van der Waals surface area contributed by atoms with Gasteiger partial charge in [-0.1, -0.05) is 0 Å². The molecule has 3 rings (SSSR count). The number of aromatic nitrogens is 4. The van der Waals surface area contributed by atoms with E-state index in [-0.39, 0.29) is 5.69 Å². The van der Waals surface area contributed by atoms with Crippen molar-refractivity contribution in [3.63, 3.8) is 0 Å². The van der Waals surface area contributed by atoms with Gasteiger partial charge >= 0.3 is 0 Å². The number of H-pyrrole nitrogens is 1. The number of benzene rings is 1. The number of non-ortho nitro benzene ring substituents is 1. The number of oxazole rings is 1. The molecule has 1 aromatic carbocycles. The van der Waals surface area contributed by atoms with Crippen molar-refractivity contribution in [1.82, 2.24) is 20.2 Å². The van der Waals surface area contributed by atoms with Gasteiger partial charge in [-0.3, -0.25) is 15.2 Å². The Labute approximate surface area is 118 Å². The highest BCUT2D eigenvalue weighted by Gasteiger charge is 2.11. The minimum absolute atomic E-state index is 0.0180. The Morgan fingerprint density at radius 3 is 3.10 bits per heavy atom. The van der Waals surface area contributed by atoms with E-state index in [2.05, 4.69) is 25.5 Å². The highest BCUT2D eigenvalue weighted by molar-refractivity contribution is 5.77. The first-order valence-corrected chi connectivity index (χ1v) is 6.35. The number of hydrogen-bond donors (Lipinski definition) is 2. The van der Waals surface area contributed by atoms with E-state index in [1.807, 2.05) is 0 Å². The highest BCUT2D eigenvalue weighted by atomic mass is 16.6. The Bertz CT molecular complexity index is 752. The van der Waals surface area contributed by atoms with Crippen LogP contribution in [0.3, 0.4) is 0 Å². The zero-order valence-corrected chi connectivity index (χ0v) is 10.9. The average Bonchev–Trinajstić information content (AvgIpc) is 3.11. The molecule has 0 aliphatic rings. The largest absolute Gasteiger partial charge is 0.423 e. The van der Waals surface area contributed by atoms with Gasteiger partial charge in [-0.05, 0) is 12.5 Å². The van der Waals surface area contributed by atoms with Crippen molar-refractivity contribution in [3.05, 3.63) is 40.5 Å². The predicted octanol–water partition coefficient (Wildman–Crippen LogP) is 1.90. The second-order valence-electron chi connectivity index (χ2n) is 4.39. The molecule has 9 nitrogen and oxygen atoms in total. The number of nitrogens with one attached hydrogen (secondary N) is 2. The normalized spacial score (nSPS) is 10.9. The molecule has 0 saturated carbocycles. The number of aryl methyl sites for hydroxylation is 1. The lowest BCUT2D eigenvalue weighted by molar-refractivity contribution is -0.384. The van der Waals surface area contributed by atoms with Gasteiger partial charge in [-0.25, -0.2) is 4.98 Å². The topological polar surface area (TPSA) is 123 Å². The van der Waals surface area contributed by atoms with Gasteiger partial charge in [0.1, 0.15) is 17.7 Å². The van der Waals surface area contributed by atoms with Gasteiger partial charge in [-0.15, -0.1) is 0 Å². The molecule has 0 amide bonds. The van der Waals surface area contributed by atoms with Crippen molar-refractivity contribution < 1.29 is 9.34 Å². The molecule has 3 aromatic rings. The van der Waals surface area contributed by atoms with E-state index in [1.165, 1.54) is 18.5 Å². The number of fused-ring (bicyclic) bond motifs is 1. The molecule has 21 heavy (non-hydrogen) atoms. The first-order chi connectivity index (χ1) is 10.2. The maximum Gasteiger partial charge on any atom is 0.295 e. The van der Waals surface area contributed by atoms with E-state index >= 15 is 0 Å². The van der Waals surface area contributed by atoms with Crippen LogP contribution in [-0.4, -0.2) is 31.6 Å². The molecule has 0 fully saturated rings. The van der Waals surface area contributed by atoms with Crippen molar-refractivity contribution in [2.45, 2.75) is 12.8 Å². The van der Waals surface area contributed by atoms with Crippen LogP contribution in [0.2, 0.25) is 0 Å². The Morgan fingerprint density at radius 2 is 2.33 bits per heavy atom. The fourth-order valence-electron chi connectivity index (χ4n) is 1.90. The molecule has 0 bridgehead atoms. The van der Waals surface area contributed by atoms with E-state index in [0.717, 1.165) is 18.7 Å². The number of rotatable bonds is 6. The van der Waals surface area contributed by atoms with Gasteiger partial charge in [-0.2, -0.15) is 10.1 Å². The van der Waals surface area contributed by atoms with Gasteiger partial charge in [0.15, 0.2) is 5.58 Å². The number of nitro benzene ring substituents is 1. The molecule has 0 aliphatic carbocycles. The summed E-state index contributed by atoms with van der Waals surface area (Å²) in [6, 6.07) is 4.68. The van der Waals surface area contributed by atoms with Crippen molar-refractivity contribution >= 4 is 22.8 Å². The Morgan fingerprint density at radius 1 is 1.43 bits per heavy atom. The molecular formula is C12H12N6O3. The molecule has 0 aliphatic heterocycles. The van der Waals surface area contributed by atoms with Crippen LogP contribution in [0.5, 0.6) is 0 Å². The average molecular weight is 288 g/mol. The number of nitro groups is 1. The number of nitrogens with zero attached hydrogens (tertiary/aromatic N) is 4. The van der Waals surface area contributed by atoms with Crippen molar-refractivity contribution in [2.75, 3.05) is 11.9 Å². The van der Waals surface area contributed by atoms with Crippen LogP contribution in [0.4, 0.5) is 11.7 Å². The number of hydrogen-bond acceptors (Lipinski definition) is 7. The van der Waals surface area contributed by atoms with Gasteiger partial charge in [0.05, 0.1) is 11.0 Å². The molecule has 108 valence electrons. The monoisotopic (exact) mass is 288 g/mol. The second-order valence-corrected chi connectivity index (χ2v) is 4.39. The summed E-state index contributed by atoms with van der Waals surface area (Å²) in [6.07, 6.45) is 3.06. The van der Waals surface area contributed by atoms with Crippen molar-refractivity contribution in [1.29, 1.82) is 0 Å². The summed E-state index contributed by atoms with van der Waals surface area (Å²) in [5, 5.41) is 20.3. The quantitative estimate of drug-likeness (QED) is 0.403. The molecular weight excluding hydrogens is 276 g/mol. The second kappa shape index (κ2) is 5.57. The molecule has 2 aromatic heterocycles. The predicted molar refractivity (Wildman–Crippen MR) is 73.9 cm³/mol. The van der Waals surface area contributed by atoms with Crippen LogP contribution in [0.25, 0.3) is 11.1 Å². The molecule has 2 N–H and O–H groups in total. The van der Waals surface area contributed by atoms with E-state index in [4.69, 9.17) is 4.42 Å². The van der Waals surface area contributed by atoms with E-state index in [0.29, 0.717) is 23.7 Å². The lowest BCUT2D eigenvalue weighted by Crippen LogP contribution is -2.03. The van der Waals surface area contributed by atoms with Crippen LogP contribution >= 0.6 is 0 Å². The van der Waals surface area contributed by atoms with Crippen LogP contribution in [0, 0.1) is 10.1 Å². The molecule has 2 heterocycles. The SMILES string of the molecule is O=[N+]([O-])c1ccc2nc(NCCCc3ncn[nH]3)oc2c1.